The van der Waals surface area contributed by atoms with Gasteiger partial charge >= 0.3 is 0 Å². The monoisotopic (exact) mass is 1720 g/mol. The highest BCUT2D eigenvalue weighted by atomic mass is 35.5. The molecule has 124 heavy (non-hydrogen) atoms. The average molecular weight is 1730 g/mol. The molecule has 7 aromatic rings. The molecule has 0 saturated heterocycles. The van der Waals surface area contributed by atoms with Crippen LogP contribution in [0.1, 0.15) is 426 Å². The van der Waals surface area contributed by atoms with Gasteiger partial charge in [0.2, 0.25) is 0 Å². The van der Waals surface area contributed by atoms with E-state index in [1.54, 1.807) is 0 Å². The van der Waals surface area contributed by atoms with Crippen molar-refractivity contribution < 1.29 is 47.4 Å². The number of alkyl halides is 1. The summed E-state index contributed by atoms with van der Waals surface area (Å²) in [6, 6.07) is 51.1. The molecule has 0 aromatic heterocycles. The van der Waals surface area contributed by atoms with Crippen LogP contribution >= 0.6 is 11.6 Å². The van der Waals surface area contributed by atoms with Crippen LogP contribution < -0.4 is 47.4 Å². The lowest BCUT2D eigenvalue weighted by atomic mass is 10.0. The van der Waals surface area contributed by atoms with Gasteiger partial charge in [0.25, 0.3) is 0 Å². The minimum Gasteiger partial charge on any atom is -0.494 e. The zero-order valence-electron chi connectivity index (χ0n) is 78.8. The van der Waals surface area contributed by atoms with E-state index in [-0.39, 0.29) is 19.1 Å². The van der Waals surface area contributed by atoms with Gasteiger partial charge in [0.05, 0.1) is 26.4 Å². The van der Waals surface area contributed by atoms with Crippen molar-refractivity contribution >= 4 is 11.6 Å². The molecule has 0 radical (unpaired) electrons. The van der Waals surface area contributed by atoms with E-state index in [2.05, 4.69) is 125 Å². The SMILES string of the molecule is CCCCCCCCCCCCCCCCOc1ccc(COc2ccc(COc3cc(CCl)cc(OCc4ccc(OCc5ccc(OCCCCCCCCCCCCCCCC)cc5)c(OCc5ccc(OCCCCCCCCCCCCCCCC)cc5)c4)c3)cc2OCc2ccc(OCCCCCCCCCCCCCCCC)cc2)cc1. The van der Waals surface area contributed by atoms with Crippen molar-refractivity contribution in [3.05, 3.63) is 191 Å². The number of rotatable bonds is 83. The van der Waals surface area contributed by atoms with Gasteiger partial charge in [0.15, 0.2) is 23.0 Å². The topological polar surface area (TPSA) is 92.3 Å². The van der Waals surface area contributed by atoms with Gasteiger partial charge in [-0.15, -0.1) is 11.6 Å². The van der Waals surface area contributed by atoms with E-state index in [0.29, 0.717) is 60.9 Å². The highest BCUT2D eigenvalue weighted by molar-refractivity contribution is 6.17. The Morgan fingerprint density at radius 1 is 0.153 bits per heavy atom. The molecule has 7 rings (SSSR count). The second-order valence-electron chi connectivity index (χ2n) is 35.6. The standard InChI is InChI=1S/C113H171ClO10/c1-5-9-13-17-21-25-29-33-37-41-45-49-53-57-81-115-104-71-61-97(62-72-104)91-121-110-79-69-101(87-112(110)123-93-99-65-75-106(76-66-99)117-83-59-55-51-47-43-39-35-31-27-23-19-15-11-7-3)95-119-108-85-103(90-114)86-109(89-108)120-96-102-70-80-111(122-92-98-63-73-105(74-64-98)116-82-58-54-50-46-42-38-34-30-26-22-18-14-10-6-2)113(88-102)124-94-100-67-77-107(78-68-100)118-84-60-56-52-48-44-40-36-32-28-24-20-16-12-8-4/h61-80,85-89H,5-60,81-84,90-96H2,1-4H3. The molecule has 0 amide bonds. The average Bonchev–Trinajstić information content (AvgIpc) is 0.842. The Morgan fingerprint density at radius 2 is 0.339 bits per heavy atom. The van der Waals surface area contributed by atoms with Crippen molar-refractivity contribution in [3.63, 3.8) is 0 Å². The summed E-state index contributed by atoms with van der Waals surface area (Å²) in [7, 11) is 0. The Labute approximate surface area is 761 Å². The van der Waals surface area contributed by atoms with Gasteiger partial charge in [0, 0.05) is 11.9 Å². The lowest BCUT2D eigenvalue weighted by Gasteiger charge is -2.16. The van der Waals surface area contributed by atoms with E-state index >= 15 is 0 Å². The maximum atomic E-state index is 6.67. The van der Waals surface area contributed by atoms with Gasteiger partial charge in [-0.1, -0.05) is 422 Å². The van der Waals surface area contributed by atoms with Gasteiger partial charge < -0.3 is 47.4 Å². The molecule has 0 fully saturated rings. The second kappa shape index (κ2) is 71.8. The number of hydrogen-bond acceptors (Lipinski definition) is 10. The maximum absolute atomic E-state index is 6.67. The van der Waals surface area contributed by atoms with Crippen LogP contribution in [0.5, 0.6) is 57.5 Å². The normalized spacial score (nSPS) is 11.3. The van der Waals surface area contributed by atoms with Crippen LogP contribution in [0.2, 0.25) is 0 Å². The summed E-state index contributed by atoms with van der Waals surface area (Å²) >= 11 is 6.61. The summed E-state index contributed by atoms with van der Waals surface area (Å²) in [5.41, 5.74) is 6.86. The summed E-state index contributed by atoms with van der Waals surface area (Å²) in [5.74, 6) is 7.64. The van der Waals surface area contributed by atoms with E-state index in [4.69, 9.17) is 59.0 Å². The van der Waals surface area contributed by atoms with Crippen LogP contribution in [0.15, 0.2) is 152 Å². The predicted octanol–water partition coefficient (Wildman–Crippen LogP) is 35.3. The molecule has 690 valence electrons. The maximum Gasteiger partial charge on any atom is 0.162 e. The van der Waals surface area contributed by atoms with E-state index in [9.17, 15) is 0 Å². The van der Waals surface area contributed by atoms with Gasteiger partial charge in [-0.05, 0) is 150 Å². The van der Waals surface area contributed by atoms with Crippen molar-refractivity contribution in [2.24, 2.45) is 0 Å². The quantitative estimate of drug-likeness (QED) is 0.0271. The molecule has 7 aromatic carbocycles. The summed E-state index contributed by atoms with van der Waals surface area (Å²) < 4.78 is 64.6. The highest BCUT2D eigenvalue weighted by Gasteiger charge is 2.15. The van der Waals surface area contributed by atoms with E-state index < -0.39 is 0 Å². The van der Waals surface area contributed by atoms with Crippen LogP contribution in [0.25, 0.3) is 0 Å². The second-order valence-corrected chi connectivity index (χ2v) is 35.9. The number of unbranched alkanes of at least 4 members (excludes halogenated alkanes) is 52. The molecule has 0 unspecified atom stereocenters. The molecule has 0 aliphatic rings. The third-order valence-electron chi connectivity index (χ3n) is 24.3. The van der Waals surface area contributed by atoms with E-state index in [1.165, 1.54) is 334 Å². The molecule has 0 atom stereocenters. The first-order chi connectivity index (χ1) is 61.4. The van der Waals surface area contributed by atoms with Gasteiger partial charge in [0.1, 0.15) is 74.1 Å². The number of halogens is 1. The largest absolute Gasteiger partial charge is 0.494 e. The van der Waals surface area contributed by atoms with Crippen LogP contribution in [0, 0.1) is 0 Å². The van der Waals surface area contributed by atoms with Crippen LogP contribution in [-0.2, 0) is 45.5 Å². The Kier molecular flexibility index (Phi) is 60.2. The highest BCUT2D eigenvalue weighted by Crippen LogP contribution is 2.36. The van der Waals surface area contributed by atoms with Crippen molar-refractivity contribution in [1.82, 2.24) is 0 Å². The molecule has 0 saturated carbocycles. The van der Waals surface area contributed by atoms with Crippen LogP contribution in [-0.4, -0.2) is 26.4 Å². The first-order valence-electron chi connectivity index (χ1n) is 51.0. The van der Waals surface area contributed by atoms with Gasteiger partial charge in [-0.2, -0.15) is 0 Å². The van der Waals surface area contributed by atoms with Crippen LogP contribution in [0.4, 0.5) is 0 Å². The first kappa shape index (κ1) is 104. The minimum atomic E-state index is 0.267. The van der Waals surface area contributed by atoms with E-state index in [1.807, 2.05) is 54.6 Å². The fourth-order valence-corrected chi connectivity index (χ4v) is 16.4. The molecule has 0 N–H and O–H groups in total. The molecule has 0 bridgehead atoms. The molecule has 0 aliphatic carbocycles. The third-order valence-corrected chi connectivity index (χ3v) is 24.6. The molecule has 10 nitrogen and oxygen atoms in total. The molecular formula is C113H171ClO10. The Bertz CT molecular complexity index is 3400. The lowest BCUT2D eigenvalue weighted by Crippen LogP contribution is -2.04. The van der Waals surface area contributed by atoms with Crippen molar-refractivity contribution in [2.45, 2.75) is 433 Å². The minimum absolute atomic E-state index is 0.267. The summed E-state index contributed by atoms with van der Waals surface area (Å²) in [5, 5.41) is 0. The smallest absolute Gasteiger partial charge is 0.162 e. The Balaban J connectivity index is 0.920. The molecule has 0 aliphatic heterocycles. The molecule has 11 heteroatoms. The summed E-state index contributed by atoms with van der Waals surface area (Å²) in [6.07, 6.45) is 75.1. The van der Waals surface area contributed by atoms with Crippen molar-refractivity contribution in [3.8, 4) is 57.5 Å². The molecule has 0 heterocycles. The summed E-state index contributed by atoms with van der Waals surface area (Å²) in [6.45, 7) is 14.1. The van der Waals surface area contributed by atoms with Gasteiger partial charge in [-0.3, -0.25) is 0 Å². The molecular weight excluding hydrogens is 1550 g/mol. The zero-order chi connectivity index (χ0) is 86.9. The molecule has 0 spiro atoms. The number of ether oxygens (including phenoxy) is 10. The van der Waals surface area contributed by atoms with Crippen molar-refractivity contribution in [1.29, 1.82) is 0 Å². The number of benzene rings is 7. The van der Waals surface area contributed by atoms with E-state index in [0.717, 1.165) is 114 Å². The number of hydrogen-bond donors (Lipinski definition) is 0. The fourth-order valence-electron chi connectivity index (χ4n) is 16.3. The van der Waals surface area contributed by atoms with Crippen LogP contribution in [0.3, 0.4) is 0 Å². The lowest BCUT2D eigenvalue weighted by molar-refractivity contribution is 0.253. The predicted molar refractivity (Wildman–Crippen MR) is 524 cm³/mol. The Hall–Kier alpha value is -7.17. The zero-order valence-corrected chi connectivity index (χ0v) is 79.5. The summed E-state index contributed by atoms with van der Waals surface area (Å²) in [4.78, 5) is 0. The fraction of sp³-hybridized carbons (Fsp3) is 0.628. The Morgan fingerprint density at radius 3 is 0.548 bits per heavy atom. The third kappa shape index (κ3) is 51.0. The van der Waals surface area contributed by atoms with Gasteiger partial charge in [-0.25, -0.2) is 0 Å². The first-order valence-corrected chi connectivity index (χ1v) is 51.5. The van der Waals surface area contributed by atoms with Crippen molar-refractivity contribution in [2.75, 3.05) is 26.4 Å².